The number of carbonyl (C=O) groups excluding carboxylic acids is 1. The molecule has 0 atom stereocenters. The minimum atomic E-state index is -0.604. The Morgan fingerprint density at radius 2 is 2.30 bits per heavy atom. The number of nitro groups is 1. The van der Waals surface area contributed by atoms with Crippen molar-refractivity contribution in [2.24, 2.45) is 0 Å². The molecule has 0 fully saturated rings. The lowest BCUT2D eigenvalue weighted by Gasteiger charge is -2.06. The molecule has 0 bridgehead atoms. The average molecular weight is 294 g/mol. The fourth-order valence-electron chi connectivity index (χ4n) is 1.47. The Bertz CT molecular complexity index is 670. The van der Waals surface area contributed by atoms with Gasteiger partial charge < -0.3 is 15.8 Å². The molecule has 1 aromatic heterocycles. The van der Waals surface area contributed by atoms with Crippen molar-refractivity contribution in [3.8, 4) is 5.75 Å². The molecule has 0 saturated carbocycles. The molecule has 1 amide bonds. The van der Waals surface area contributed by atoms with Crippen LogP contribution in [0.15, 0.2) is 23.6 Å². The van der Waals surface area contributed by atoms with Gasteiger partial charge in [-0.05, 0) is 12.1 Å². The van der Waals surface area contributed by atoms with E-state index in [1.807, 2.05) is 0 Å². The Kier molecular flexibility index (Phi) is 3.80. The summed E-state index contributed by atoms with van der Waals surface area (Å²) < 4.78 is 4.91. The zero-order valence-electron chi connectivity index (χ0n) is 10.3. The van der Waals surface area contributed by atoms with E-state index in [9.17, 15) is 14.9 Å². The van der Waals surface area contributed by atoms with Crippen LogP contribution in [0, 0.1) is 10.1 Å². The van der Waals surface area contributed by atoms with Crippen LogP contribution in [0.25, 0.3) is 0 Å². The molecule has 0 aliphatic rings. The largest absolute Gasteiger partial charge is 0.496 e. The average Bonchev–Trinajstić information content (AvgIpc) is 2.85. The first-order valence-corrected chi connectivity index (χ1v) is 6.24. The summed E-state index contributed by atoms with van der Waals surface area (Å²) in [6.45, 7) is 0. The molecule has 0 spiro atoms. The molecule has 1 aromatic carbocycles. The number of thiazole rings is 1. The predicted molar refractivity (Wildman–Crippen MR) is 74.1 cm³/mol. The van der Waals surface area contributed by atoms with E-state index in [2.05, 4.69) is 10.3 Å². The van der Waals surface area contributed by atoms with Gasteiger partial charge in [0.1, 0.15) is 17.1 Å². The lowest BCUT2D eigenvalue weighted by Crippen LogP contribution is -2.13. The summed E-state index contributed by atoms with van der Waals surface area (Å²) in [6.07, 6.45) is 0. The van der Waals surface area contributed by atoms with Crippen LogP contribution in [-0.4, -0.2) is 22.9 Å². The second-order valence-electron chi connectivity index (χ2n) is 3.67. The number of hydrogen-bond acceptors (Lipinski definition) is 7. The Balaban J connectivity index is 2.29. The summed E-state index contributed by atoms with van der Waals surface area (Å²) in [5.41, 5.74) is 5.34. The summed E-state index contributed by atoms with van der Waals surface area (Å²) in [5.74, 6) is -0.237. The van der Waals surface area contributed by atoms with Crippen molar-refractivity contribution >= 4 is 33.8 Å². The van der Waals surface area contributed by atoms with Crippen molar-refractivity contribution in [3.63, 3.8) is 0 Å². The molecule has 20 heavy (non-hydrogen) atoms. The number of rotatable bonds is 4. The number of ether oxygens (including phenoxy) is 1. The second kappa shape index (κ2) is 5.53. The molecular formula is C11H10N4O4S. The molecule has 0 aliphatic heterocycles. The second-order valence-corrected chi connectivity index (χ2v) is 4.55. The van der Waals surface area contributed by atoms with E-state index in [0.29, 0.717) is 5.75 Å². The van der Waals surface area contributed by atoms with Crippen LogP contribution in [-0.2, 0) is 0 Å². The van der Waals surface area contributed by atoms with Crippen LogP contribution in [0.1, 0.15) is 10.5 Å². The van der Waals surface area contributed by atoms with Crippen LogP contribution < -0.4 is 15.8 Å². The van der Waals surface area contributed by atoms with E-state index in [1.165, 1.54) is 30.7 Å². The van der Waals surface area contributed by atoms with Gasteiger partial charge in [0.05, 0.1) is 18.1 Å². The molecule has 3 N–H and O–H groups in total. The van der Waals surface area contributed by atoms with Crippen LogP contribution in [0.2, 0.25) is 0 Å². The highest BCUT2D eigenvalue weighted by Gasteiger charge is 2.19. The smallest absolute Gasteiger partial charge is 0.296 e. The number of benzene rings is 1. The van der Waals surface area contributed by atoms with Crippen LogP contribution >= 0.6 is 11.3 Å². The SMILES string of the molecule is COc1ccc(NC(=O)c2csc(N)n2)c([N+](=O)[O-])c1. The molecule has 8 nitrogen and oxygen atoms in total. The van der Waals surface area contributed by atoms with Gasteiger partial charge in [-0.3, -0.25) is 14.9 Å². The lowest BCUT2D eigenvalue weighted by atomic mass is 10.2. The number of nitro benzene ring substituents is 1. The highest BCUT2D eigenvalue weighted by atomic mass is 32.1. The topological polar surface area (TPSA) is 120 Å². The summed E-state index contributed by atoms with van der Waals surface area (Å²) in [5, 5.41) is 15.1. The number of nitrogens with one attached hydrogen (secondary N) is 1. The Labute approximate surface area is 117 Å². The first kappa shape index (κ1) is 13.7. The van der Waals surface area contributed by atoms with Gasteiger partial charge in [-0.15, -0.1) is 11.3 Å². The highest BCUT2D eigenvalue weighted by Crippen LogP contribution is 2.29. The lowest BCUT2D eigenvalue weighted by molar-refractivity contribution is -0.384. The van der Waals surface area contributed by atoms with Gasteiger partial charge in [-0.25, -0.2) is 4.98 Å². The third-order valence-electron chi connectivity index (χ3n) is 2.40. The first-order chi connectivity index (χ1) is 9.51. The molecule has 0 radical (unpaired) electrons. The van der Waals surface area contributed by atoms with Crippen molar-refractivity contribution < 1.29 is 14.5 Å². The fourth-order valence-corrected chi connectivity index (χ4v) is 2.02. The highest BCUT2D eigenvalue weighted by molar-refractivity contribution is 7.13. The van der Waals surface area contributed by atoms with E-state index >= 15 is 0 Å². The number of amides is 1. The molecule has 9 heteroatoms. The third kappa shape index (κ3) is 2.83. The van der Waals surface area contributed by atoms with Crippen molar-refractivity contribution in [1.29, 1.82) is 0 Å². The van der Waals surface area contributed by atoms with Gasteiger partial charge in [0, 0.05) is 5.38 Å². The number of nitrogens with zero attached hydrogens (tertiary/aromatic N) is 2. The van der Waals surface area contributed by atoms with Gasteiger partial charge in [0.2, 0.25) is 0 Å². The number of nitrogens with two attached hydrogens (primary N) is 1. The molecule has 0 saturated heterocycles. The van der Waals surface area contributed by atoms with E-state index in [1.54, 1.807) is 0 Å². The number of aromatic nitrogens is 1. The molecule has 2 aromatic rings. The minimum Gasteiger partial charge on any atom is -0.496 e. The van der Waals surface area contributed by atoms with E-state index in [-0.39, 0.29) is 22.2 Å². The van der Waals surface area contributed by atoms with Crippen molar-refractivity contribution in [2.75, 3.05) is 18.2 Å². The zero-order chi connectivity index (χ0) is 14.7. The maximum Gasteiger partial charge on any atom is 0.296 e. The molecule has 0 unspecified atom stereocenters. The quantitative estimate of drug-likeness (QED) is 0.656. The van der Waals surface area contributed by atoms with Crippen LogP contribution in [0.3, 0.4) is 0 Å². The Morgan fingerprint density at radius 1 is 1.55 bits per heavy atom. The number of methoxy groups -OCH3 is 1. The summed E-state index contributed by atoms with van der Waals surface area (Å²) in [7, 11) is 1.40. The first-order valence-electron chi connectivity index (χ1n) is 5.36. The van der Waals surface area contributed by atoms with Crippen LogP contribution in [0.5, 0.6) is 5.75 Å². The molecule has 1 heterocycles. The summed E-state index contributed by atoms with van der Waals surface area (Å²) in [4.78, 5) is 26.1. The fraction of sp³-hybridized carbons (Fsp3) is 0.0909. The molecule has 2 rings (SSSR count). The maximum atomic E-state index is 11.9. The zero-order valence-corrected chi connectivity index (χ0v) is 11.1. The standard InChI is InChI=1S/C11H10N4O4S/c1-19-6-2-3-7(9(4-6)15(17)18)13-10(16)8-5-20-11(12)14-8/h2-5H,1H3,(H2,12,14)(H,13,16). The maximum absolute atomic E-state index is 11.9. The van der Waals surface area contributed by atoms with Gasteiger partial charge in [-0.2, -0.15) is 0 Å². The van der Waals surface area contributed by atoms with Gasteiger partial charge in [-0.1, -0.05) is 0 Å². The Hall–Kier alpha value is -2.68. The summed E-state index contributed by atoms with van der Waals surface area (Å²) in [6, 6.07) is 4.13. The normalized spacial score (nSPS) is 10.1. The minimum absolute atomic E-state index is 0.0624. The number of hydrogen-bond donors (Lipinski definition) is 2. The molecule has 0 aliphatic carbocycles. The predicted octanol–water partition coefficient (Wildman–Crippen LogP) is 1.89. The van der Waals surface area contributed by atoms with Gasteiger partial charge in [0.15, 0.2) is 5.13 Å². The van der Waals surface area contributed by atoms with Gasteiger partial charge in [0.25, 0.3) is 11.6 Å². The van der Waals surface area contributed by atoms with Crippen molar-refractivity contribution in [3.05, 3.63) is 39.4 Å². The van der Waals surface area contributed by atoms with E-state index < -0.39 is 10.8 Å². The van der Waals surface area contributed by atoms with E-state index in [0.717, 1.165) is 11.3 Å². The number of nitrogen functional groups attached to an aromatic ring is 1. The molecule has 104 valence electrons. The van der Waals surface area contributed by atoms with Crippen molar-refractivity contribution in [2.45, 2.75) is 0 Å². The Morgan fingerprint density at radius 3 is 2.85 bits per heavy atom. The molecular weight excluding hydrogens is 284 g/mol. The number of anilines is 2. The van der Waals surface area contributed by atoms with Crippen molar-refractivity contribution in [1.82, 2.24) is 4.98 Å². The summed E-state index contributed by atoms with van der Waals surface area (Å²) >= 11 is 1.11. The van der Waals surface area contributed by atoms with E-state index in [4.69, 9.17) is 10.5 Å². The number of carbonyl (C=O) groups is 1. The third-order valence-corrected chi connectivity index (χ3v) is 3.08. The van der Waals surface area contributed by atoms with Crippen LogP contribution in [0.4, 0.5) is 16.5 Å². The van der Waals surface area contributed by atoms with Gasteiger partial charge >= 0.3 is 0 Å². The monoisotopic (exact) mass is 294 g/mol.